The second kappa shape index (κ2) is 5.71. The van der Waals surface area contributed by atoms with Crippen molar-refractivity contribution >= 4 is 39.4 Å². The Labute approximate surface area is 119 Å². The Morgan fingerprint density at radius 2 is 2.28 bits per heavy atom. The number of carbonyl (C=O) groups is 1. The smallest absolute Gasteiger partial charge is 0.253 e. The number of carbonyl (C=O) groups excluding carboxylic acids is 1. The van der Waals surface area contributed by atoms with Crippen molar-refractivity contribution < 1.29 is 4.79 Å². The summed E-state index contributed by atoms with van der Waals surface area (Å²) in [7, 11) is 0. The summed E-state index contributed by atoms with van der Waals surface area (Å²) in [6, 6.07) is 4.98. The lowest BCUT2D eigenvalue weighted by Gasteiger charge is -2.10. The molecule has 2 rings (SSSR count). The first kappa shape index (κ1) is 13.4. The number of guanidine groups is 1. The maximum Gasteiger partial charge on any atom is 0.253 e. The fourth-order valence-corrected chi connectivity index (χ4v) is 2.47. The molecule has 1 aromatic carbocycles. The molecule has 1 heterocycles. The first-order valence-electron chi connectivity index (χ1n) is 5.68. The Kier molecular flexibility index (Phi) is 4.24. The van der Waals surface area contributed by atoms with Gasteiger partial charge in [-0.25, -0.2) is 0 Å². The molecule has 1 unspecified atom stereocenters. The van der Waals surface area contributed by atoms with Gasteiger partial charge in [0.15, 0.2) is 5.96 Å². The van der Waals surface area contributed by atoms with Crippen LogP contribution in [0.5, 0.6) is 0 Å². The highest BCUT2D eigenvalue weighted by Crippen LogP contribution is 2.27. The summed E-state index contributed by atoms with van der Waals surface area (Å²) in [5, 5.41) is 6.30. The SMILES string of the molecule is CCCN=C1NC(=O)C(c2ccc(Br)cc2Cl)N1. The van der Waals surface area contributed by atoms with Crippen molar-refractivity contribution in [2.45, 2.75) is 19.4 Å². The third-order valence-electron chi connectivity index (χ3n) is 2.55. The largest absolute Gasteiger partial charge is 0.340 e. The van der Waals surface area contributed by atoms with Crippen LogP contribution in [0.25, 0.3) is 0 Å². The summed E-state index contributed by atoms with van der Waals surface area (Å²) in [6.45, 7) is 2.72. The molecule has 1 atom stereocenters. The molecule has 1 saturated heterocycles. The Balaban J connectivity index is 2.21. The third kappa shape index (κ3) is 2.84. The summed E-state index contributed by atoms with van der Waals surface area (Å²) in [6.07, 6.45) is 0.935. The number of benzene rings is 1. The minimum atomic E-state index is -0.471. The second-order valence-electron chi connectivity index (χ2n) is 3.96. The number of hydrogen-bond donors (Lipinski definition) is 2. The topological polar surface area (TPSA) is 53.5 Å². The highest BCUT2D eigenvalue weighted by atomic mass is 79.9. The van der Waals surface area contributed by atoms with Gasteiger partial charge in [-0.05, 0) is 18.6 Å². The minimum absolute atomic E-state index is 0.130. The van der Waals surface area contributed by atoms with Crippen molar-refractivity contribution in [1.29, 1.82) is 0 Å². The van der Waals surface area contributed by atoms with Crippen LogP contribution in [-0.2, 0) is 4.79 Å². The Bertz CT molecular complexity index is 504. The summed E-state index contributed by atoms with van der Waals surface area (Å²) < 4.78 is 0.884. The average Bonchev–Trinajstić information content (AvgIpc) is 2.68. The Morgan fingerprint density at radius 3 is 2.94 bits per heavy atom. The fourth-order valence-electron chi connectivity index (χ4n) is 1.69. The molecule has 1 fully saturated rings. The summed E-state index contributed by atoms with van der Waals surface area (Å²) >= 11 is 9.47. The van der Waals surface area contributed by atoms with Crippen molar-refractivity contribution in [3.63, 3.8) is 0 Å². The van der Waals surface area contributed by atoms with Crippen LogP contribution in [0.15, 0.2) is 27.7 Å². The molecular weight excluding hydrogens is 318 g/mol. The van der Waals surface area contributed by atoms with Gasteiger partial charge in [0, 0.05) is 21.6 Å². The van der Waals surface area contributed by atoms with Gasteiger partial charge in [-0.1, -0.05) is 40.5 Å². The van der Waals surface area contributed by atoms with E-state index in [0.29, 0.717) is 17.5 Å². The zero-order valence-corrected chi connectivity index (χ0v) is 12.2. The molecule has 0 saturated carbocycles. The van der Waals surface area contributed by atoms with Gasteiger partial charge >= 0.3 is 0 Å². The molecule has 6 heteroatoms. The number of amides is 1. The molecule has 0 aromatic heterocycles. The zero-order chi connectivity index (χ0) is 13.1. The third-order valence-corrected chi connectivity index (χ3v) is 3.37. The summed E-state index contributed by atoms with van der Waals surface area (Å²) in [5.74, 6) is 0.389. The van der Waals surface area contributed by atoms with Gasteiger partial charge in [0.1, 0.15) is 6.04 Å². The monoisotopic (exact) mass is 329 g/mol. The van der Waals surface area contributed by atoms with Crippen molar-refractivity contribution in [3.8, 4) is 0 Å². The highest BCUT2D eigenvalue weighted by Gasteiger charge is 2.30. The van der Waals surface area contributed by atoms with Crippen LogP contribution in [0.2, 0.25) is 5.02 Å². The van der Waals surface area contributed by atoms with E-state index in [9.17, 15) is 4.79 Å². The van der Waals surface area contributed by atoms with E-state index in [0.717, 1.165) is 16.5 Å². The van der Waals surface area contributed by atoms with E-state index in [1.807, 2.05) is 19.1 Å². The van der Waals surface area contributed by atoms with Gasteiger partial charge in [-0.15, -0.1) is 0 Å². The van der Waals surface area contributed by atoms with Crippen molar-refractivity contribution in [3.05, 3.63) is 33.3 Å². The van der Waals surface area contributed by atoms with Crippen LogP contribution < -0.4 is 10.6 Å². The van der Waals surface area contributed by atoms with Gasteiger partial charge in [0.25, 0.3) is 5.91 Å². The lowest BCUT2D eigenvalue weighted by atomic mass is 10.1. The van der Waals surface area contributed by atoms with E-state index >= 15 is 0 Å². The van der Waals surface area contributed by atoms with Crippen molar-refractivity contribution in [1.82, 2.24) is 10.6 Å². The molecule has 0 spiro atoms. The number of hydrogen-bond acceptors (Lipinski definition) is 2. The maximum absolute atomic E-state index is 11.9. The molecule has 96 valence electrons. The molecule has 1 aliphatic heterocycles. The van der Waals surface area contributed by atoms with Crippen LogP contribution in [0.4, 0.5) is 0 Å². The molecule has 2 N–H and O–H groups in total. The molecule has 1 aromatic rings. The zero-order valence-electron chi connectivity index (χ0n) is 9.84. The highest BCUT2D eigenvalue weighted by molar-refractivity contribution is 9.10. The normalized spacial score (nSPS) is 20.9. The molecule has 0 bridgehead atoms. The van der Waals surface area contributed by atoms with E-state index in [4.69, 9.17) is 11.6 Å². The van der Waals surface area contributed by atoms with Crippen molar-refractivity contribution in [2.24, 2.45) is 4.99 Å². The second-order valence-corrected chi connectivity index (χ2v) is 5.29. The van der Waals surface area contributed by atoms with Crippen LogP contribution in [0.3, 0.4) is 0 Å². The van der Waals surface area contributed by atoms with Crippen LogP contribution in [0.1, 0.15) is 24.9 Å². The summed E-state index contributed by atoms with van der Waals surface area (Å²) in [5.41, 5.74) is 0.749. The number of nitrogens with zero attached hydrogens (tertiary/aromatic N) is 1. The predicted octanol–water partition coefficient (Wildman–Crippen LogP) is 2.63. The summed E-state index contributed by atoms with van der Waals surface area (Å²) in [4.78, 5) is 16.1. The van der Waals surface area contributed by atoms with E-state index in [1.54, 1.807) is 6.07 Å². The van der Waals surface area contributed by atoms with Gasteiger partial charge in [-0.3, -0.25) is 15.1 Å². The van der Waals surface area contributed by atoms with Gasteiger partial charge in [0.2, 0.25) is 0 Å². The van der Waals surface area contributed by atoms with Crippen LogP contribution in [0, 0.1) is 0 Å². The molecule has 1 amide bonds. The number of aliphatic imine (C=N–C) groups is 1. The number of halogens is 2. The first-order chi connectivity index (χ1) is 8.61. The quantitative estimate of drug-likeness (QED) is 0.895. The van der Waals surface area contributed by atoms with Crippen LogP contribution in [-0.4, -0.2) is 18.4 Å². The number of rotatable bonds is 3. The standard InChI is InChI=1S/C12H13BrClN3O/c1-2-5-15-12-16-10(11(18)17-12)8-4-3-7(13)6-9(8)14/h3-4,6,10H,2,5H2,1H3,(H2,15,16,17,18). The number of nitrogens with one attached hydrogen (secondary N) is 2. The predicted molar refractivity (Wildman–Crippen MR) is 75.8 cm³/mol. The first-order valence-corrected chi connectivity index (χ1v) is 6.85. The van der Waals surface area contributed by atoms with Gasteiger partial charge in [-0.2, -0.15) is 0 Å². The lowest BCUT2D eigenvalue weighted by molar-refractivity contribution is -0.120. The maximum atomic E-state index is 11.9. The van der Waals surface area contributed by atoms with E-state index in [2.05, 4.69) is 31.6 Å². The van der Waals surface area contributed by atoms with Gasteiger partial charge < -0.3 is 5.32 Å². The lowest BCUT2D eigenvalue weighted by Crippen LogP contribution is -2.25. The van der Waals surface area contributed by atoms with E-state index < -0.39 is 6.04 Å². The molecule has 4 nitrogen and oxygen atoms in total. The van der Waals surface area contributed by atoms with Crippen molar-refractivity contribution in [2.75, 3.05) is 6.54 Å². The minimum Gasteiger partial charge on any atom is -0.340 e. The molecule has 0 aliphatic carbocycles. The van der Waals surface area contributed by atoms with E-state index in [1.165, 1.54) is 0 Å². The molecular formula is C12H13BrClN3O. The van der Waals surface area contributed by atoms with Crippen LogP contribution >= 0.6 is 27.5 Å². The molecule has 0 radical (unpaired) electrons. The van der Waals surface area contributed by atoms with Gasteiger partial charge in [0.05, 0.1) is 0 Å². The molecule has 1 aliphatic rings. The fraction of sp³-hybridized carbons (Fsp3) is 0.333. The van der Waals surface area contributed by atoms with E-state index in [-0.39, 0.29) is 5.91 Å². The Morgan fingerprint density at radius 1 is 1.50 bits per heavy atom. The molecule has 18 heavy (non-hydrogen) atoms. The average molecular weight is 331 g/mol. The Hall–Kier alpha value is -1.07.